The summed E-state index contributed by atoms with van der Waals surface area (Å²) in [6.07, 6.45) is 0. The van der Waals surface area contributed by atoms with Crippen molar-refractivity contribution < 1.29 is 5.11 Å². The number of aryl methyl sites for hydroxylation is 2. The maximum absolute atomic E-state index is 9.29. The minimum Gasteiger partial charge on any atom is -0.396 e. The first-order chi connectivity index (χ1) is 6.88. The maximum Gasteiger partial charge on any atom is 0.0500 e. The van der Waals surface area contributed by atoms with E-state index in [0.717, 1.165) is 5.56 Å². The molecule has 3 heteroatoms. The van der Waals surface area contributed by atoms with Crippen LogP contribution in [0, 0.1) is 19.3 Å². The van der Waals surface area contributed by atoms with Crippen LogP contribution in [0.5, 0.6) is 0 Å². The lowest BCUT2D eigenvalue weighted by Gasteiger charge is -2.30. The van der Waals surface area contributed by atoms with E-state index in [1.807, 2.05) is 13.8 Å². The largest absolute Gasteiger partial charge is 0.396 e. The van der Waals surface area contributed by atoms with Gasteiger partial charge in [0, 0.05) is 18.1 Å². The SMILES string of the molecule is Cc1ccc([C@H](N)C(C)(C)CO)c(C)c1.Cl. The molecule has 0 unspecified atom stereocenters. The summed E-state index contributed by atoms with van der Waals surface area (Å²) in [5, 5.41) is 9.29. The van der Waals surface area contributed by atoms with Crippen LogP contribution in [0.15, 0.2) is 18.2 Å². The van der Waals surface area contributed by atoms with Crippen LogP contribution < -0.4 is 5.73 Å². The van der Waals surface area contributed by atoms with Crippen molar-refractivity contribution in [3.05, 3.63) is 34.9 Å². The molecular weight excluding hydrogens is 222 g/mol. The van der Waals surface area contributed by atoms with Crippen molar-refractivity contribution in [2.45, 2.75) is 33.7 Å². The van der Waals surface area contributed by atoms with Gasteiger partial charge in [0.1, 0.15) is 0 Å². The lowest BCUT2D eigenvalue weighted by Crippen LogP contribution is -2.32. The van der Waals surface area contributed by atoms with E-state index in [4.69, 9.17) is 5.73 Å². The Bertz CT molecular complexity index is 350. The maximum atomic E-state index is 9.29. The van der Waals surface area contributed by atoms with Crippen LogP contribution in [0.3, 0.4) is 0 Å². The van der Waals surface area contributed by atoms with Gasteiger partial charge in [-0.1, -0.05) is 37.6 Å². The lowest BCUT2D eigenvalue weighted by atomic mass is 9.80. The van der Waals surface area contributed by atoms with E-state index in [0.29, 0.717) is 0 Å². The molecule has 0 fully saturated rings. The second-order valence-corrected chi connectivity index (χ2v) is 4.98. The van der Waals surface area contributed by atoms with Crippen molar-refractivity contribution in [3.63, 3.8) is 0 Å². The zero-order valence-electron chi connectivity index (χ0n) is 10.4. The highest BCUT2D eigenvalue weighted by Gasteiger charge is 2.27. The lowest BCUT2D eigenvalue weighted by molar-refractivity contribution is 0.132. The van der Waals surface area contributed by atoms with Gasteiger partial charge in [0.05, 0.1) is 0 Å². The summed E-state index contributed by atoms with van der Waals surface area (Å²) in [4.78, 5) is 0. The average molecular weight is 244 g/mol. The Morgan fingerprint density at radius 1 is 1.31 bits per heavy atom. The van der Waals surface area contributed by atoms with E-state index in [1.165, 1.54) is 11.1 Å². The van der Waals surface area contributed by atoms with E-state index >= 15 is 0 Å². The summed E-state index contributed by atoms with van der Waals surface area (Å²) in [5.74, 6) is 0. The molecule has 2 nitrogen and oxygen atoms in total. The topological polar surface area (TPSA) is 46.2 Å². The minimum absolute atomic E-state index is 0. The molecule has 92 valence electrons. The number of hydrogen-bond donors (Lipinski definition) is 2. The van der Waals surface area contributed by atoms with Gasteiger partial charge in [0.15, 0.2) is 0 Å². The van der Waals surface area contributed by atoms with Crippen molar-refractivity contribution in [1.29, 1.82) is 0 Å². The van der Waals surface area contributed by atoms with Crippen LogP contribution in [0.2, 0.25) is 0 Å². The summed E-state index contributed by atoms with van der Waals surface area (Å²) >= 11 is 0. The molecule has 1 aromatic rings. The van der Waals surface area contributed by atoms with Gasteiger partial charge in [-0.15, -0.1) is 12.4 Å². The summed E-state index contributed by atoms with van der Waals surface area (Å²) in [7, 11) is 0. The highest BCUT2D eigenvalue weighted by Crippen LogP contribution is 2.32. The Balaban J connectivity index is 0.00000225. The molecule has 0 spiro atoms. The second kappa shape index (κ2) is 5.67. The standard InChI is InChI=1S/C13H21NO.ClH/c1-9-5-6-11(10(2)7-9)12(14)13(3,4)8-15;/h5-7,12,15H,8,14H2,1-4H3;1H/t12-;/m0./s1. The summed E-state index contributed by atoms with van der Waals surface area (Å²) in [6, 6.07) is 6.13. The third kappa shape index (κ3) is 3.21. The highest BCUT2D eigenvalue weighted by molar-refractivity contribution is 5.85. The van der Waals surface area contributed by atoms with Crippen molar-refractivity contribution in [2.24, 2.45) is 11.1 Å². The van der Waals surface area contributed by atoms with E-state index in [2.05, 4.69) is 32.0 Å². The number of rotatable bonds is 3. The molecule has 1 rings (SSSR count). The Hall–Kier alpha value is -0.570. The van der Waals surface area contributed by atoms with Gasteiger partial charge in [0.25, 0.3) is 0 Å². The Labute approximate surface area is 104 Å². The summed E-state index contributed by atoms with van der Waals surface area (Å²) in [6.45, 7) is 8.20. The fourth-order valence-corrected chi connectivity index (χ4v) is 1.69. The van der Waals surface area contributed by atoms with E-state index < -0.39 is 0 Å². The smallest absolute Gasteiger partial charge is 0.0500 e. The van der Waals surface area contributed by atoms with E-state index in [-0.39, 0.29) is 30.5 Å². The van der Waals surface area contributed by atoms with Gasteiger partial charge in [-0.3, -0.25) is 0 Å². The molecule has 0 radical (unpaired) electrons. The predicted molar refractivity (Wildman–Crippen MR) is 71.0 cm³/mol. The van der Waals surface area contributed by atoms with Gasteiger partial charge in [-0.2, -0.15) is 0 Å². The van der Waals surface area contributed by atoms with Crippen LogP contribution in [0.25, 0.3) is 0 Å². The van der Waals surface area contributed by atoms with Crippen LogP contribution in [-0.4, -0.2) is 11.7 Å². The zero-order chi connectivity index (χ0) is 11.6. The number of nitrogens with two attached hydrogens (primary N) is 1. The number of halogens is 1. The first-order valence-corrected chi connectivity index (χ1v) is 5.32. The molecule has 1 aromatic carbocycles. The van der Waals surface area contributed by atoms with E-state index in [1.54, 1.807) is 0 Å². The number of aliphatic hydroxyl groups is 1. The zero-order valence-corrected chi connectivity index (χ0v) is 11.3. The van der Waals surface area contributed by atoms with Gasteiger partial charge < -0.3 is 10.8 Å². The van der Waals surface area contributed by atoms with E-state index in [9.17, 15) is 5.11 Å². The molecule has 1 atom stereocenters. The molecular formula is C13H22ClNO. The summed E-state index contributed by atoms with van der Waals surface area (Å²) in [5.41, 5.74) is 9.46. The molecule has 0 aliphatic heterocycles. The van der Waals surface area contributed by atoms with Gasteiger partial charge in [0.2, 0.25) is 0 Å². The second-order valence-electron chi connectivity index (χ2n) is 4.98. The third-order valence-corrected chi connectivity index (χ3v) is 3.01. The number of aliphatic hydroxyl groups excluding tert-OH is 1. The Morgan fingerprint density at radius 3 is 2.31 bits per heavy atom. The fraction of sp³-hybridized carbons (Fsp3) is 0.538. The Kier molecular flexibility index (Phi) is 5.47. The fourth-order valence-electron chi connectivity index (χ4n) is 1.69. The predicted octanol–water partition coefficient (Wildman–Crippen LogP) is 2.74. The highest BCUT2D eigenvalue weighted by atomic mass is 35.5. The van der Waals surface area contributed by atoms with Gasteiger partial charge in [-0.05, 0) is 25.0 Å². The summed E-state index contributed by atoms with van der Waals surface area (Å²) < 4.78 is 0. The molecule has 0 saturated heterocycles. The first-order valence-electron chi connectivity index (χ1n) is 5.32. The molecule has 16 heavy (non-hydrogen) atoms. The number of benzene rings is 1. The molecule has 0 heterocycles. The molecule has 0 aliphatic rings. The van der Waals surface area contributed by atoms with Crippen molar-refractivity contribution in [2.75, 3.05) is 6.61 Å². The molecule has 0 aliphatic carbocycles. The molecule has 0 saturated carbocycles. The quantitative estimate of drug-likeness (QED) is 0.858. The van der Waals surface area contributed by atoms with Crippen LogP contribution in [0.1, 0.15) is 36.6 Å². The Morgan fingerprint density at radius 2 is 1.88 bits per heavy atom. The van der Waals surface area contributed by atoms with Crippen molar-refractivity contribution in [3.8, 4) is 0 Å². The van der Waals surface area contributed by atoms with Gasteiger partial charge in [-0.25, -0.2) is 0 Å². The first kappa shape index (κ1) is 15.4. The monoisotopic (exact) mass is 243 g/mol. The number of hydrogen-bond acceptors (Lipinski definition) is 2. The van der Waals surface area contributed by atoms with Crippen molar-refractivity contribution >= 4 is 12.4 Å². The van der Waals surface area contributed by atoms with Crippen LogP contribution >= 0.6 is 12.4 Å². The van der Waals surface area contributed by atoms with Crippen LogP contribution in [0.4, 0.5) is 0 Å². The third-order valence-electron chi connectivity index (χ3n) is 3.01. The average Bonchev–Trinajstić information content (AvgIpc) is 2.17. The molecule has 0 amide bonds. The van der Waals surface area contributed by atoms with Crippen LogP contribution in [-0.2, 0) is 0 Å². The van der Waals surface area contributed by atoms with Crippen molar-refractivity contribution in [1.82, 2.24) is 0 Å². The molecule has 0 aromatic heterocycles. The normalized spacial score (nSPS) is 13.1. The minimum atomic E-state index is -0.278. The van der Waals surface area contributed by atoms with Gasteiger partial charge >= 0.3 is 0 Å². The molecule has 0 bridgehead atoms. The molecule has 3 N–H and O–H groups in total.